The molecule has 1 aliphatic rings. The van der Waals surface area contributed by atoms with Crippen molar-refractivity contribution in [2.24, 2.45) is 5.92 Å². The summed E-state index contributed by atoms with van der Waals surface area (Å²) in [5.41, 5.74) is 1.79. The third-order valence-electron chi connectivity index (χ3n) is 5.34. The monoisotopic (exact) mass is 433 g/mol. The number of anilines is 1. The summed E-state index contributed by atoms with van der Waals surface area (Å²) in [5.74, 6) is -0.440. The number of benzene rings is 2. The lowest BCUT2D eigenvalue weighted by Gasteiger charge is -2.32. The first-order valence-electron chi connectivity index (χ1n) is 10.3. The number of nitrogens with one attached hydrogen (secondary N) is 2. The molecule has 31 heavy (non-hydrogen) atoms. The van der Waals surface area contributed by atoms with Crippen LogP contribution in [0.3, 0.4) is 0 Å². The average Bonchev–Trinajstić information content (AvgIpc) is 2.73. The molecule has 1 atom stereocenters. The zero-order valence-corrected chi connectivity index (χ0v) is 17.3. The van der Waals surface area contributed by atoms with Crippen molar-refractivity contribution in [3.05, 3.63) is 65.2 Å². The van der Waals surface area contributed by atoms with Crippen LogP contribution >= 0.6 is 0 Å². The Bertz CT molecular complexity index is 913. The number of hydrogen-bond acceptors (Lipinski definition) is 2. The molecule has 1 saturated heterocycles. The van der Waals surface area contributed by atoms with Gasteiger partial charge in [0.2, 0.25) is 5.91 Å². The molecular formula is C23H26F3N3O2. The zero-order valence-electron chi connectivity index (χ0n) is 17.3. The normalized spacial score (nSPS) is 16.6. The molecule has 0 spiro atoms. The predicted octanol–water partition coefficient (Wildman–Crippen LogP) is 4.62. The molecule has 2 N–H and O–H groups in total. The molecule has 0 aromatic heterocycles. The highest BCUT2D eigenvalue weighted by molar-refractivity contribution is 5.90. The molecule has 0 saturated carbocycles. The summed E-state index contributed by atoms with van der Waals surface area (Å²) < 4.78 is 37.9. The Morgan fingerprint density at radius 3 is 2.55 bits per heavy atom. The number of likely N-dealkylation sites (tertiary alicyclic amines) is 1. The lowest BCUT2D eigenvalue weighted by molar-refractivity contribution is -0.137. The number of carbonyl (C=O) groups is 2. The van der Waals surface area contributed by atoms with E-state index in [0.717, 1.165) is 29.7 Å². The summed E-state index contributed by atoms with van der Waals surface area (Å²) in [6, 6.07) is 12.2. The highest BCUT2D eigenvalue weighted by Gasteiger charge is 2.30. The number of hydrogen-bond donors (Lipinski definition) is 2. The van der Waals surface area contributed by atoms with Crippen LogP contribution in [0.1, 0.15) is 29.5 Å². The number of amides is 3. The van der Waals surface area contributed by atoms with Crippen molar-refractivity contribution in [3.8, 4) is 0 Å². The van der Waals surface area contributed by atoms with Gasteiger partial charge < -0.3 is 15.5 Å². The van der Waals surface area contributed by atoms with Gasteiger partial charge in [0.1, 0.15) is 0 Å². The summed E-state index contributed by atoms with van der Waals surface area (Å²) in [4.78, 5) is 26.7. The van der Waals surface area contributed by atoms with Gasteiger partial charge in [0.25, 0.3) is 0 Å². The number of carbonyl (C=O) groups excluding carboxylic acids is 2. The van der Waals surface area contributed by atoms with E-state index in [1.165, 1.54) is 12.1 Å². The number of rotatable bonds is 5. The molecule has 0 radical (unpaired) electrons. The van der Waals surface area contributed by atoms with Gasteiger partial charge in [-0.2, -0.15) is 13.2 Å². The van der Waals surface area contributed by atoms with Crippen LogP contribution in [0.2, 0.25) is 0 Å². The quantitative estimate of drug-likeness (QED) is 0.723. The number of piperidine rings is 1. The van der Waals surface area contributed by atoms with Crippen molar-refractivity contribution in [2.75, 3.05) is 25.0 Å². The molecule has 1 fully saturated rings. The van der Waals surface area contributed by atoms with Gasteiger partial charge >= 0.3 is 12.2 Å². The number of alkyl halides is 3. The molecule has 3 rings (SSSR count). The van der Waals surface area contributed by atoms with E-state index in [1.54, 1.807) is 4.90 Å². The molecular weight excluding hydrogens is 407 g/mol. The van der Waals surface area contributed by atoms with Crippen LogP contribution < -0.4 is 10.6 Å². The van der Waals surface area contributed by atoms with E-state index < -0.39 is 11.7 Å². The van der Waals surface area contributed by atoms with Crippen LogP contribution in [0.4, 0.5) is 23.7 Å². The van der Waals surface area contributed by atoms with E-state index in [0.29, 0.717) is 38.2 Å². The Balaban J connectivity index is 1.46. The second kappa shape index (κ2) is 9.85. The topological polar surface area (TPSA) is 61.4 Å². The molecule has 0 bridgehead atoms. The maximum Gasteiger partial charge on any atom is 0.416 e. The minimum absolute atomic E-state index is 0.139. The molecule has 166 valence electrons. The summed E-state index contributed by atoms with van der Waals surface area (Å²) >= 11 is 0. The molecule has 1 aliphatic heterocycles. The fourth-order valence-corrected chi connectivity index (χ4v) is 3.64. The summed E-state index contributed by atoms with van der Waals surface area (Å²) in [6.07, 6.45) is -2.49. The maximum atomic E-state index is 12.6. The number of aryl methyl sites for hydroxylation is 1. The molecule has 2 aromatic rings. The van der Waals surface area contributed by atoms with Crippen LogP contribution in [0.5, 0.6) is 0 Å². The van der Waals surface area contributed by atoms with Gasteiger partial charge in [-0.15, -0.1) is 0 Å². The van der Waals surface area contributed by atoms with Crippen molar-refractivity contribution >= 4 is 17.6 Å². The fraction of sp³-hybridized carbons (Fsp3) is 0.391. The first kappa shape index (κ1) is 22.7. The van der Waals surface area contributed by atoms with Crippen LogP contribution in [-0.4, -0.2) is 36.5 Å². The van der Waals surface area contributed by atoms with Gasteiger partial charge in [0, 0.05) is 25.3 Å². The highest BCUT2D eigenvalue weighted by Crippen LogP contribution is 2.29. The standard InChI is InChI=1S/C23H26F3N3O2/c1-16-4-2-6-20(14-16)28-22(31)29-13-3-5-18(15-29)21(30)27-12-11-17-7-9-19(10-8-17)23(24,25)26/h2,4,6-10,14,18H,3,5,11-13,15H2,1H3,(H,27,30)(H,28,31). The lowest BCUT2D eigenvalue weighted by Crippen LogP contribution is -2.47. The van der Waals surface area contributed by atoms with Crippen molar-refractivity contribution in [1.82, 2.24) is 10.2 Å². The summed E-state index contributed by atoms with van der Waals surface area (Å²) in [6.45, 7) is 3.20. The largest absolute Gasteiger partial charge is 0.416 e. The van der Waals surface area contributed by atoms with Crippen molar-refractivity contribution < 1.29 is 22.8 Å². The Hall–Kier alpha value is -3.03. The Kier molecular flexibility index (Phi) is 7.20. The summed E-state index contributed by atoms with van der Waals surface area (Å²) in [5, 5.41) is 5.71. The van der Waals surface area contributed by atoms with Crippen LogP contribution in [0, 0.1) is 12.8 Å². The Labute approximate surface area is 179 Å². The van der Waals surface area contributed by atoms with E-state index in [2.05, 4.69) is 10.6 Å². The minimum Gasteiger partial charge on any atom is -0.355 e. The first-order chi connectivity index (χ1) is 14.7. The van der Waals surface area contributed by atoms with Crippen LogP contribution in [-0.2, 0) is 17.4 Å². The van der Waals surface area contributed by atoms with E-state index in [4.69, 9.17) is 0 Å². The molecule has 3 amide bonds. The maximum absolute atomic E-state index is 12.6. The van der Waals surface area contributed by atoms with Gasteiger partial charge in [-0.3, -0.25) is 4.79 Å². The van der Waals surface area contributed by atoms with Crippen LogP contribution in [0.15, 0.2) is 48.5 Å². The second-order valence-corrected chi connectivity index (χ2v) is 7.82. The lowest BCUT2D eigenvalue weighted by atomic mass is 9.97. The van der Waals surface area contributed by atoms with Gasteiger partial charge in [-0.05, 0) is 61.6 Å². The van der Waals surface area contributed by atoms with Gasteiger partial charge in [-0.25, -0.2) is 4.79 Å². The Morgan fingerprint density at radius 1 is 1.13 bits per heavy atom. The SMILES string of the molecule is Cc1cccc(NC(=O)N2CCCC(C(=O)NCCc3ccc(C(F)(F)F)cc3)C2)c1. The minimum atomic E-state index is -4.36. The third-order valence-corrected chi connectivity index (χ3v) is 5.34. The van der Waals surface area contributed by atoms with Crippen molar-refractivity contribution in [1.29, 1.82) is 0 Å². The molecule has 1 heterocycles. The van der Waals surface area contributed by atoms with Gasteiger partial charge in [0.15, 0.2) is 0 Å². The zero-order chi connectivity index (χ0) is 22.4. The van der Waals surface area contributed by atoms with Crippen LogP contribution in [0.25, 0.3) is 0 Å². The molecule has 2 aromatic carbocycles. The van der Waals surface area contributed by atoms with E-state index in [1.807, 2.05) is 31.2 Å². The molecule has 0 aliphatic carbocycles. The third kappa shape index (κ3) is 6.47. The smallest absolute Gasteiger partial charge is 0.355 e. The summed E-state index contributed by atoms with van der Waals surface area (Å²) in [7, 11) is 0. The van der Waals surface area contributed by atoms with E-state index in [-0.39, 0.29) is 17.9 Å². The number of urea groups is 1. The average molecular weight is 433 g/mol. The second-order valence-electron chi connectivity index (χ2n) is 7.82. The number of nitrogens with zero attached hydrogens (tertiary/aromatic N) is 1. The van der Waals surface area contributed by atoms with Gasteiger partial charge in [-0.1, -0.05) is 24.3 Å². The molecule has 1 unspecified atom stereocenters. The fourth-order valence-electron chi connectivity index (χ4n) is 3.64. The van der Waals surface area contributed by atoms with E-state index in [9.17, 15) is 22.8 Å². The first-order valence-corrected chi connectivity index (χ1v) is 10.3. The van der Waals surface area contributed by atoms with Gasteiger partial charge in [0.05, 0.1) is 11.5 Å². The molecule has 5 nitrogen and oxygen atoms in total. The highest BCUT2D eigenvalue weighted by atomic mass is 19.4. The van der Waals surface area contributed by atoms with E-state index >= 15 is 0 Å². The molecule has 8 heteroatoms. The van der Waals surface area contributed by atoms with Crippen molar-refractivity contribution in [2.45, 2.75) is 32.4 Å². The number of halogens is 3. The Morgan fingerprint density at radius 2 is 1.87 bits per heavy atom. The predicted molar refractivity (Wildman–Crippen MR) is 113 cm³/mol. The van der Waals surface area contributed by atoms with Crippen molar-refractivity contribution in [3.63, 3.8) is 0 Å².